The van der Waals surface area contributed by atoms with Gasteiger partial charge in [-0.15, -0.1) is 0 Å². The minimum atomic E-state index is -0.282. The van der Waals surface area contributed by atoms with E-state index in [1.807, 2.05) is 6.07 Å². The standard InChI is InChI=1S/C15H22FN3O2/c1-21-8-6-17-10-12-3-4-14(13(16)9-12)19-7-2-5-18-15(20)11-19/h3-4,9,17H,2,5-8,10-11H2,1H3,(H,18,20). The van der Waals surface area contributed by atoms with Gasteiger partial charge in [-0.25, -0.2) is 4.39 Å². The molecule has 2 N–H and O–H groups in total. The molecule has 1 aromatic carbocycles. The van der Waals surface area contributed by atoms with Crippen LogP contribution in [-0.4, -0.2) is 45.8 Å². The van der Waals surface area contributed by atoms with Gasteiger partial charge in [0.2, 0.25) is 5.91 Å². The quantitative estimate of drug-likeness (QED) is 0.765. The molecule has 0 bridgehead atoms. The van der Waals surface area contributed by atoms with Gasteiger partial charge in [0.15, 0.2) is 0 Å². The van der Waals surface area contributed by atoms with Crippen LogP contribution in [0.2, 0.25) is 0 Å². The Hall–Kier alpha value is -1.66. The van der Waals surface area contributed by atoms with Crippen LogP contribution in [0.1, 0.15) is 12.0 Å². The van der Waals surface area contributed by atoms with E-state index in [1.165, 1.54) is 6.07 Å². The average molecular weight is 295 g/mol. The summed E-state index contributed by atoms with van der Waals surface area (Å²) >= 11 is 0. The molecule has 1 aromatic rings. The van der Waals surface area contributed by atoms with Gasteiger partial charge in [-0.05, 0) is 24.1 Å². The average Bonchev–Trinajstić information content (AvgIpc) is 2.68. The topological polar surface area (TPSA) is 53.6 Å². The van der Waals surface area contributed by atoms with Crippen molar-refractivity contribution in [3.63, 3.8) is 0 Å². The second kappa shape index (κ2) is 7.95. The molecule has 1 aliphatic rings. The first kappa shape index (κ1) is 15.7. The van der Waals surface area contributed by atoms with E-state index in [9.17, 15) is 9.18 Å². The van der Waals surface area contributed by atoms with Crippen molar-refractivity contribution in [2.75, 3.05) is 44.8 Å². The second-order valence-corrected chi connectivity index (χ2v) is 5.08. The van der Waals surface area contributed by atoms with Crippen LogP contribution in [0.4, 0.5) is 10.1 Å². The van der Waals surface area contributed by atoms with Gasteiger partial charge in [0, 0.05) is 33.3 Å². The highest BCUT2D eigenvalue weighted by Gasteiger charge is 2.17. The van der Waals surface area contributed by atoms with E-state index in [2.05, 4.69) is 10.6 Å². The number of ether oxygens (including phenoxy) is 1. The highest BCUT2D eigenvalue weighted by molar-refractivity contribution is 5.81. The number of nitrogens with one attached hydrogen (secondary N) is 2. The van der Waals surface area contributed by atoms with Gasteiger partial charge in [0.25, 0.3) is 0 Å². The number of carbonyl (C=O) groups excluding carboxylic acids is 1. The van der Waals surface area contributed by atoms with Crippen LogP contribution in [0, 0.1) is 5.82 Å². The number of hydrogen-bond acceptors (Lipinski definition) is 4. The van der Waals surface area contributed by atoms with Crippen molar-refractivity contribution in [3.8, 4) is 0 Å². The van der Waals surface area contributed by atoms with Crippen LogP contribution in [0.5, 0.6) is 0 Å². The summed E-state index contributed by atoms with van der Waals surface area (Å²) in [4.78, 5) is 13.3. The molecular formula is C15H22FN3O2. The van der Waals surface area contributed by atoms with Crippen molar-refractivity contribution in [2.24, 2.45) is 0 Å². The summed E-state index contributed by atoms with van der Waals surface area (Å²) in [6.45, 7) is 3.50. The maximum Gasteiger partial charge on any atom is 0.239 e. The zero-order valence-electron chi connectivity index (χ0n) is 12.3. The van der Waals surface area contributed by atoms with Crippen LogP contribution in [0.15, 0.2) is 18.2 Å². The minimum Gasteiger partial charge on any atom is -0.383 e. The van der Waals surface area contributed by atoms with Crippen LogP contribution in [0.25, 0.3) is 0 Å². The maximum atomic E-state index is 14.2. The molecule has 6 heteroatoms. The Kier molecular flexibility index (Phi) is 5.95. The molecule has 0 spiro atoms. The first-order valence-corrected chi connectivity index (χ1v) is 7.20. The van der Waals surface area contributed by atoms with E-state index in [-0.39, 0.29) is 18.3 Å². The summed E-state index contributed by atoms with van der Waals surface area (Å²) in [6, 6.07) is 5.17. The maximum absolute atomic E-state index is 14.2. The number of anilines is 1. The molecule has 1 amide bonds. The predicted molar refractivity (Wildman–Crippen MR) is 79.8 cm³/mol. The number of benzene rings is 1. The summed E-state index contributed by atoms with van der Waals surface area (Å²) in [5.41, 5.74) is 1.37. The number of methoxy groups -OCH3 is 1. The fraction of sp³-hybridized carbons (Fsp3) is 0.533. The molecule has 1 saturated heterocycles. The summed E-state index contributed by atoms with van der Waals surface area (Å²) in [5.74, 6) is -0.340. The van der Waals surface area contributed by atoms with Gasteiger partial charge in [0.05, 0.1) is 18.8 Å². The highest BCUT2D eigenvalue weighted by atomic mass is 19.1. The first-order valence-electron chi connectivity index (χ1n) is 7.20. The van der Waals surface area contributed by atoms with Crippen LogP contribution in [0.3, 0.4) is 0 Å². The Labute approximate surface area is 124 Å². The van der Waals surface area contributed by atoms with Gasteiger partial charge in [-0.2, -0.15) is 0 Å². The largest absolute Gasteiger partial charge is 0.383 e. The highest BCUT2D eigenvalue weighted by Crippen LogP contribution is 2.21. The van der Waals surface area contributed by atoms with Crippen molar-refractivity contribution < 1.29 is 13.9 Å². The normalized spacial score (nSPS) is 15.7. The van der Waals surface area contributed by atoms with Crippen LogP contribution in [-0.2, 0) is 16.1 Å². The molecule has 0 aromatic heterocycles. The Morgan fingerprint density at radius 1 is 1.48 bits per heavy atom. The first-order chi connectivity index (χ1) is 10.2. The lowest BCUT2D eigenvalue weighted by Gasteiger charge is -2.22. The van der Waals surface area contributed by atoms with Gasteiger partial charge < -0.3 is 20.3 Å². The van der Waals surface area contributed by atoms with Gasteiger partial charge in [-0.1, -0.05) is 6.07 Å². The Bertz CT molecular complexity index is 482. The minimum absolute atomic E-state index is 0.0581. The fourth-order valence-electron chi connectivity index (χ4n) is 2.34. The Balaban J connectivity index is 1.99. The van der Waals surface area contributed by atoms with Crippen LogP contribution >= 0.6 is 0 Å². The number of carbonyl (C=O) groups is 1. The molecule has 0 unspecified atom stereocenters. The number of amides is 1. The molecule has 1 aliphatic heterocycles. The molecule has 21 heavy (non-hydrogen) atoms. The molecule has 2 rings (SSSR count). The zero-order chi connectivity index (χ0) is 15.1. The number of rotatable bonds is 6. The summed E-state index contributed by atoms with van der Waals surface area (Å²) in [6.07, 6.45) is 0.825. The second-order valence-electron chi connectivity index (χ2n) is 5.08. The lowest BCUT2D eigenvalue weighted by atomic mass is 10.1. The molecule has 1 heterocycles. The molecular weight excluding hydrogens is 273 g/mol. The zero-order valence-corrected chi connectivity index (χ0v) is 12.3. The molecule has 0 atom stereocenters. The lowest BCUT2D eigenvalue weighted by Crippen LogP contribution is -2.33. The predicted octanol–water partition coefficient (Wildman–Crippen LogP) is 0.888. The summed E-state index contributed by atoms with van der Waals surface area (Å²) in [7, 11) is 1.65. The van der Waals surface area contributed by atoms with E-state index >= 15 is 0 Å². The Morgan fingerprint density at radius 2 is 2.33 bits per heavy atom. The number of halogens is 1. The fourth-order valence-corrected chi connectivity index (χ4v) is 2.34. The van der Waals surface area contributed by atoms with Gasteiger partial charge >= 0.3 is 0 Å². The Morgan fingerprint density at radius 3 is 3.10 bits per heavy atom. The van der Waals surface area contributed by atoms with E-state index in [0.29, 0.717) is 31.9 Å². The third-order valence-corrected chi connectivity index (χ3v) is 3.43. The van der Waals surface area contributed by atoms with Crippen molar-refractivity contribution in [3.05, 3.63) is 29.6 Å². The molecule has 116 valence electrons. The summed E-state index contributed by atoms with van der Waals surface area (Å²) < 4.78 is 19.2. The molecule has 0 saturated carbocycles. The third kappa shape index (κ3) is 4.68. The van der Waals surface area contributed by atoms with E-state index in [4.69, 9.17) is 4.74 Å². The van der Waals surface area contributed by atoms with Gasteiger partial charge in [-0.3, -0.25) is 4.79 Å². The summed E-state index contributed by atoms with van der Waals surface area (Å²) in [5, 5.41) is 5.97. The van der Waals surface area contributed by atoms with Crippen molar-refractivity contribution >= 4 is 11.6 Å². The SMILES string of the molecule is COCCNCc1ccc(N2CCCNC(=O)C2)c(F)c1. The molecule has 0 radical (unpaired) electrons. The third-order valence-electron chi connectivity index (χ3n) is 3.43. The van der Waals surface area contributed by atoms with Crippen molar-refractivity contribution in [1.29, 1.82) is 0 Å². The number of nitrogens with zero attached hydrogens (tertiary/aromatic N) is 1. The monoisotopic (exact) mass is 295 g/mol. The molecule has 1 fully saturated rings. The van der Waals surface area contributed by atoms with Crippen LogP contribution < -0.4 is 15.5 Å². The smallest absolute Gasteiger partial charge is 0.239 e. The number of hydrogen-bond donors (Lipinski definition) is 2. The van der Waals surface area contributed by atoms with E-state index in [0.717, 1.165) is 18.5 Å². The molecule has 0 aliphatic carbocycles. The van der Waals surface area contributed by atoms with Crippen molar-refractivity contribution in [2.45, 2.75) is 13.0 Å². The molecule has 5 nitrogen and oxygen atoms in total. The van der Waals surface area contributed by atoms with Gasteiger partial charge in [0.1, 0.15) is 5.82 Å². The lowest BCUT2D eigenvalue weighted by molar-refractivity contribution is -0.119. The van der Waals surface area contributed by atoms with Crippen molar-refractivity contribution in [1.82, 2.24) is 10.6 Å². The van der Waals surface area contributed by atoms with E-state index in [1.54, 1.807) is 18.1 Å². The van der Waals surface area contributed by atoms with E-state index < -0.39 is 0 Å².